The van der Waals surface area contributed by atoms with Crippen molar-refractivity contribution < 1.29 is 9.59 Å². The van der Waals surface area contributed by atoms with Crippen LogP contribution >= 0.6 is 11.3 Å². The Hall–Kier alpha value is -2.48. The van der Waals surface area contributed by atoms with E-state index in [9.17, 15) is 9.59 Å². The van der Waals surface area contributed by atoms with Crippen molar-refractivity contribution in [3.05, 3.63) is 40.8 Å². The highest BCUT2D eigenvalue weighted by molar-refractivity contribution is 7.12. The van der Waals surface area contributed by atoms with Crippen LogP contribution < -0.4 is 16.2 Å². The van der Waals surface area contributed by atoms with E-state index >= 15 is 0 Å². The molecular weight excluding hydrogens is 290 g/mol. The molecule has 0 aliphatic carbocycles. The van der Waals surface area contributed by atoms with Crippen LogP contribution in [0.5, 0.6) is 0 Å². The molecule has 2 rings (SSSR count). The Balaban J connectivity index is 1.58. The summed E-state index contributed by atoms with van der Waals surface area (Å²) < 4.78 is 0. The highest BCUT2D eigenvalue weighted by atomic mass is 32.1. The van der Waals surface area contributed by atoms with Crippen molar-refractivity contribution in [2.45, 2.75) is 12.8 Å². The van der Waals surface area contributed by atoms with E-state index in [-0.39, 0.29) is 11.8 Å². The second-order valence-electron chi connectivity index (χ2n) is 4.08. The first kappa shape index (κ1) is 14.9. The fourth-order valence-electron chi connectivity index (χ4n) is 1.50. The first-order chi connectivity index (χ1) is 10.3. The number of aromatic nitrogens is 2. The number of thiophene rings is 1. The molecule has 0 spiro atoms. The molecule has 2 amide bonds. The van der Waals surface area contributed by atoms with E-state index in [2.05, 4.69) is 26.1 Å². The van der Waals surface area contributed by atoms with Gasteiger partial charge in [-0.3, -0.25) is 20.4 Å². The van der Waals surface area contributed by atoms with Gasteiger partial charge in [-0.25, -0.2) is 9.97 Å². The summed E-state index contributed by atoms with van der Waals surface area (Å²) in [5.41, 5.74) is 5.10. The minimum atomic E-state index is -0.187. The summed E-state index contributed by atoms with van der Waals surface area (Å²) in [5.74, 6) is 0.0332. The molecule has 0 saturated heterocycles. The monoisotopic (exact) mass is 305 g/mol. The minimum Gasteiger partial charge on any atom is -0.351 e. The number of hydrogen-bond donors (Lipinski definition) is 3. The quantitative estimate of drug-likeness (QED) is 0.527. The van der Waals surface area contributed by atoms with E-state index < -0.39 is 0 Å². The van der Waals surface area contributed by atoms with Crippen molar-refractivity contribution in [2.24, 2.45) is 0 Å². The third kappa shape index (κ3) is 5.19. The normalized spacial score (nSPS) is 9.90. The summed E-state index contributed by atoms with van der Waals surface area (Å²) in [6.07, 6.45) is 3.99. The highest BCUT2D eigenvalue weighted by Gasteiger charge is 2.06. The van der Waals surface area contributed by atoms with Gasteiger partial charge in [0.2, 0.25) is 11.9 Å². The summed E-state index contributed by atoms with van der Waals surface area (Å²) in [6.45, 7) is 0.450. The van der Waals surface area contributed by atoms with Gasteiger partial charge in [-0.2, -0.15) is 0 Å². The van der Waals surface area contributed by atoms with E-state index in [1.807, 2.05) is 11.4 Å². The van der Waals surface area contributed by atoms with Gasteiger partial charge in [-0.05, 0) is 23.9 Å². The smallest absolute Gasteiger partial charge is 0.261 e. The van der Waals surface area contributed by atoms with Gasteiger partial charge in [0.15, 0.2) is 0 Å². The molecule has 0 saturated carbocycles. The Bertz CT molecular complexity index is 574. The van der Waals surface area contributed by atoms with Crippen LogP contribution in [0.25, 0.3) is 0 Å². The third-order valence-corrected chi connectivity index (χ3v) is 3.36. The van der Waals surface area contributed by atoms with Crippen molar-refractivity contribution in [3.63, 3.8) is 0 Å². The number of hydrazine groups is 1. The largest absolute Gasteiger partial charge is 0.351 e. The number of hydrogen-bond acceptors (Lipinski definition) is 6. The van der Waals surface area contributed by atoms with E-state index in [0.29, 0.717) is 30.2 Å². The second kappa shape index (κ2) is 7.95. The number of anilines is 1. The molecule has 110 valence electrons. The van der Waals surface area contributed by atoms with Crippen molar-refractivity contribution in [3.8, 4) is 0 Å². The first-order valence-electron chi connectivity index (χ1n) is 6.39. The molecule has 3 N–H and O–H groups in total. The molecule has 0 aliphatic rings. The fraction of sp³-hybridized carbons (Fsp3) is 0.231. The lowest BCUT2D eigenvalue weighted by molar-refractivity contribution is -0.120. The van der Waals surface area contributed by atoms with E-state index in [0.717, 1.165) is 0 Å². The summed E-state index contributed by atoms with van der Waals surface area (Å²) in [7, 11) is 0. The summed E-state index contributed by atoms with van der Waals surface area (Å²) in [6, 6.07) is 5.27. The van der Waals surface area contributed by atoms with Crippen molar-refractivity contribution in [1.82, 2.24) is 20.7 Å². The number of nitrogens with zero attached hydrogens (tertiary/aromatic N) is 2. The van der Waals surface area contributed by atoms with Crippen LogP contribution in [0.15, 0.2) is 36.0 Å². The molecule has 2 aromatic heterocycles. The van der Waals surface area contributed by atoms with Crippen LogP contribution in [0.1, 0.15) is 22.5 Å². The molecule has 2 aromatic rings. The Kier molecular flexibility index (Phi) is 5.65. The highest BCUT2D eigenvalue weighted by Crippen LogP contribution is 2.07. The van der Waals surface area contributed by atoms with Gasteiger partial charge in [0.05, 0.1) is 4.88 Å². The fourth-order valence-corrected chi connectivity index (χ4v) is 2.14. The molecule has 0 unspecified atom stereocenters. The standard InChI is InChI=1S/C13H15N5O2S/c19-11(17-18-13-15-7-3-8-16-13)5-1-6-14-12(20)10-4-2-9-21-10/h2-4,7-9H,1,5-6H2,(H,14,20)(H,17,19)(H,15,16,18). The maximum absolute atomic E-state index is 11.6. The lowest BCUT2D eigenvalue weighted by atomic mass is 10.3. The number of nitrogens with one attached hydrogen (secondary N) is 3. The number of amides is 2. The van der Waals surface area contributed by atoms with E-state index in [1.165, 1.54) is 11.3 Å². The van der Waals surface area contributed by atoms with Crippen LogP contribution in [-0.4, -0.2) is 28.3 Å². The maximum atomic E-state index is 11.6. The van der Waals surface area contributed by atoms with Crippen molar-refractivity contribution in [1.29, 1.82) is 0 Å². The minimum absolute atomic E-state index is 0.110. The molecule has 2 heterocycles. The van der Waals surface area contributed by atoms with Gasteiger partial charge < -0.3 is 5.32 Å². The molecule has 0 aromatic carbocycles. The predicted octanol–water partition coefficient (Wildman–Crippen LogP) is 1.19. The van der Waals surface area contributed by atoms with Crippen molar-refractivity contribution in [2.75, 3.05) is 12.0 Å². The number of rotatable bonds is 7. The average Bonchev–Trinajstić information content (AvgIpc) is 3.05. The molecule has 0 radical (unpaired) electrons. The second-order valence-corrected chi connectivity index (χ2v) is 5.03. The SMILES string of the molecule is O=C(CCCNC(=O)c1cccs1)NNc1ncccn1. The Morgan fingerprint density at radius 1 is 1.19 bits per heavy atom. The summed E-state index contributed by atoms with van der Waals surface area (Å²) in [4.78, 5) is 31.7. The summed E-state index contributed by atoms with van der Waals surface area (Å²) in [5, 5.41) is 4.61. The molecule has 0 aliphatic heterocycles. The summed E-state index contributed by atoms with van der Waals surface area (Å²) >= 11 is 1.39. The van der Waals surface area contributed by atoms with Crippen LogP contribution in [0, 0.1) is 0 Å². The zero-order valence-electron chi connectivity index (χ0n) is 11.2. The van der Waals surface area contributed by atoms with Crippen LogP contribution in [0.4, 0.5) is 5.95 Å². The average molecular weight is 305 g/mol. The molecular formula is C13H15N5O2S. The van der Waals surface area contributed by atoms with Gasteiger partial charge in [-0.15, -0.1) is 11.3 Å². The number of carbonyl (C=O) groups excluding carboxylic acids is 2. The van der Waals surface area contributed by atoms with Gasteiger partial charge in [0.1, 0.15) is 0 Å². The first-order valence-corrected chi connectivity index (χ1v) is 7.27. The Labute approximate surface area is 125 Å². The van der Waals surface area contributed by atoms with Crippen molar-refractivity contribution >= 4 is 29.1 Å². The third-order valence-electron chi connectivity index (χ3n) is 2.49. The molecule has 8 heteroatoms. The maximum Gasteiger partial charge on any atom is 0.261 e. The van der Waals surface area contributed by atoms with Crippen LogP contribution in [0.2, 0.25) is 0 Å². The zero-order chi connectivity index (χ0) is 14.9. The van der Waals surface area contributed by atoms with Gasteiger partial charge >= 0.3 is 0 Å². The molecule has 0 atom stereocenters. The zero-order valence-corrected chi connectivity index (χ0v) is 12.0. The molecule has 7 nitrogen and oxygen atoms in total. The molecule has 0 fully saturated rings. The Morgan fingerprint density at radius 2 is 2.00 bits per heavy atom. The molecule has 21 heavy (non-hydrogen) atoms. The number of carbonyl (C=O) groups is 2. The van der Waals surface area contributed by atoms with Gasteiger partial charge in [0.25, 0.3) is 5.91 Å². The lowest BCUT2D eigenvalue weighted by Gasteiger charge is -2.07. The Morgan fingerprint density at radius 3 is 2.71 bits per heavy atom. The van der Waals surface area contributed by atoms with Gasteiger partial charge in [0, 0.05) is 25.4 Å². The molecule has 0 bridgehead atoms. The van der Waals surface area contributed by atoms with Gasteiger partial charge in [-0.1, -0.05) is 6.07 Å². The van der Waals surface area contributed by atoms with Crippen LogP contribution in [-0.2, 0) is 4.79 Å². The van der Waals surface area contributed by atoms with E-state index in [4.69, 9.17) is 0 Å². The van der Waals surface area contributed by atoms with Crippen LogP contribution in [0.3, 0.4) is 0 Å². The topological polar surface area (TPSA) is 96.0 Å². The van der Waals surface area contributed by atoms with E-state index in [1.54, 1.807) is 24.5 Å². The lowest BCUT2D eigenvalue weighted by Crippen LogP contribution is -2.31. The predicted molar refractivity (Wildman–Crippen MR) is 79.7 cm³/mol.